The number of rotatable bonds is 1. The zero-order valence-corrected chi connectivity index (χ0v) is 14.8. The molecule has 1 aromatic carbocycles. The second-order valence-corrected chi connectivity index (χ2v) is 8.33. The molecule has 2 nitrogen and oxygen atoms in total. The zero-order valence-electron chi connectivity index (χ0n) is 12.3. The molecule has 2 unspecified atom stereocenters. The molecule has 114 valence electrons. The van der Waals surface area contributed by atoms with Gasteiger partial charge in [0.05, 0.1) is 5.25 Å². The third-order valence-corrected chi connectivity index (χ3v) is 6.71. The monoisotopic (exact) mass is 375 g/mol. The number of allylic oxidation sites excluding steroid dienone is 2. The highest BCUT2D eigenvalue weighted by atomic mass is 79.9. The lowest BCUT2D eigenvalue weighted by molar-refractivity contribution is -0.116. The molecule has 4 rings (SSSR count). The highest BCUT2D eigenvalue weighted by Gasteiger charge is 2.40. The van der Waals surface area contributed by atoms with Crippen molar-refractivity contribution in [2.75, 3.05) is 5.75 Å². The van der Waals surface area contributed by atoms with Crippen LogP contribution in [0, 0.1) is 0 Å². The van der Waals surface area contributed by atoms with E-state index in [1.165, 1.54) is 23.4 Å². The van der Waals surface area contributed by atoms with E-state index in [4.69, 9.17) is 4.99 Å². The van der Waals surface area contributed by atoms with Gasteiger partial charge in [-0.05, 0) is 49.1 Å². The Morgan fingerprint density at radius 3 is 2.73 bits per heavy atom. The van der Waals surface area contributed by atoms with E-state index in [0.29, 0.717) is 17.5 Å². The van der Waals surface area contributed by atoms with E-state index < -0.39 is 0 Å². The van der Waals surface area contributed by atoms with Crippen molar-refractivity contribution < 1.29 is 4.79 Å². The van der Waals surface area contributed by atoms with Crippen LogP contribution >= 0.6 is 27.7 Å². The maximum atomic E-state index is 12.6. The van der Waals surface area contributed by atoms with Crippen molar-refractivity contribution in [2.45, 2.75) is 43.3 Å². The zero-order chi connectivity index (χ0) is 15.1. The number of benzene rings is 1. The van der Waals surface area contributed by atoms with E-state index in [1.54, 1.807) is 0 Å². The molecule has 1 saturated heterocycles. The van der Waals surface area contributed by atoms with Crippen LogP contribution in [0.2, 0.25) is 0 Å². The van der Waals surface area contributed by atoms with E-state index in [0.717, 1.165) is 35.0 Å². The van der Waals surface area contributed by atoms with Gasteiger partial charge in [-0.25, -0.2) is 0 Å². The summed E-state index contributed by atoms with van der Waals surface area (Å²) < 4.78 is 1.08. The highest BCUT2D eigenvalue weighted by Crippen LogP contribution is 2.46. The summed E-state index contributed by atoms with van der Waals surface area (Å²) in [4.78, 5) is 17.5. The molecule has 1 aliphatic carbocycles. The first-order valence-corrected chi connectivity index (χ1v) is 9.79. The number of hydrogen-bond donors (Lipinski definition) is 0. The van der Waals surface area contributed by atoms with Gasteiger partial charge in [0.2, 0.25) is 0 Å². The van der Waals surface area contributed by atoms with Crippen molar-refractivity contribution in [2.24, 2.45) is 4.99 Å². The molecule has 0 spiro atoms. The first kappa shape index (κ1) is 14.7. The second-order valence-electron chi connectivity index (χ2n) is 6.16. The summed E-state index contributed by atoms with van der Waals surface area (Å²) in [6.07, 6.45) is 4.92. The van der Waals surface area contributed by atoms with Gasteiger partial charge in [0.1, 0.15) is 0 Å². The number of nitrogens with zero attached hydrogens (tertiary/aromatic N) is 1. The number of aliphatic imine (C=N–C) groups is 1. The average molecular weight is 376 g/mol. The topological polar surface area (TPSA) is 29.4 Å². The summed E-state index contributed by atoms with van der Waals surface area (Å²) in [7, 11) is 0. The fraction of sp³-hybridized carbons (Fsp3) is 0.444. The minimum Gasteiger partial charge on any atom is -0.294 e. The molecular weight excluding hydrogens is 358 g/mol. The van der Waals surface area contributed by atoms with Crippen LogP contribution in [0.4, 0.5) is 0 Å². The van der Waals surface area contributed by atoms with E-state index >= 15 is 0 Å². The van der Waals surface area contributed by atoms with Crippen LogP contribution in [0.3, 0.4) is 0 Å². The van der Waals surface area contributed by atoms with Gasteiger partial charge in [-0.1, -0.05) is 28.1 Å². The maximum absolute atomic E-state index is 12.6. The predicted molar refractivity (Wildman–Crippen MR) is 95.7 cm³/mol. The fourth-order valence-corrected chi connectivity index (χ4v) is 5.44. The largest absolute Gasteiger partial charge is 0.294 e. The molecule has 2 atom stereocenters. The summed E-state index contributed by atoms with van der Waals surface area (Å²) >= 11 is 5.49. The van der Waals surface area contributed by atoms with Crippen molar-refractivity contribution in [1.82, 2.24) is 0 Å². The predicted octanol–water partition coefficient (Wildman–Crippen LogP) is 4.89. The molecule has 1 fully saturated rings. The lowest BCUT2D eigenvalue weighted by Crippen LogP contribution is -2.36. The molecule has 0 bridgehead atoms. The number of fused-ring (bicyclic) bond motifs is 1. The number of carbonyl (C=O) groups is 1. The third kappa shape index (κ3) is 2.50. The molecule has 0 N–H and O–H groups in total. The number of hydrogen-bond acceptors (Lipinski definition) is 3. The van der Waals surface area contributed by atoms with E-state index in [9.17, 15) is 4.79 Å². The van der Waals surface area contributed by atoms with Gasteiger partial charge in [-0.3, -0.25) is 9.79 Å². The molecule has 22 heavy (non-hydrogen) atoms. The lowest BCUT2D eigenvalue weighted by Gasteiger charge is -2.38. The molecule has 1 aromatic rings. The first-order valence-electron chi connectivity index (χ1n) is 7.95. The second kappa shape index (κ2) is 5.97. The summed E-state index contributed by atoms with van der Waals surface area (Å²) in [5.74, 6) is 1.70. The molecule has 3 aliphatic rings. The normalized spacial score (nSPS) is 28.0. The Bertz CT molecular complexity index is 677. The Morgan fingerprint density at radius 1 is 1.09 bits per heavy atom. The number of ketones is 1. The summed E-state index contributed by atoms with van der Waals surface area (Å²) in [5, 5.41) is 0.357. The van der Waals surface area contributed by atoms with Gasteiger partial charge in [-0.15, -0.1) is 0 Å². The maximum Gasteiger partial charge on any atom is 0.161 e. The third-order valence-electron chi connectivity index (χ3n) is 4.75. The van der Waals surface area contributed by atoms with Crippen LogP contribution in [0.15, 0.2) is 45.0 Å². The van der Waals surface area contributed by atoms with Gasteiger partial charge in [0.25, 0.3) is 0 Å². The van der Waals surface area contributed by atoms with E-state index in [-0.39, 0.29) is 5.92 Å². The van der Waals surface area contributed by atoms with Gasteiger partial charge >= 0.3 is 0 Å². The van der Waals surface area contributed by atoms with Crippen LogP contribution in [-0.2, 0) is 4.79 Å². The Balaban J connectivity index is 1.85. The Hall–Kier alpha value is -0.870. The molecule has 0 radical (unpaired) electrons. The lowest BCUT2D eigenvalue weighted by atomic mass is 9.76. The minimum atomic E-state index is 0.202. The Labute approximate surface area is 143 Å². The van der Waals surface area contributed by atoms with Gasteiger partial charge in [-0.2, -0.15) is 11.8 Å². The first-order chi connectivity index (χ1) is 10.7. The standard InChI is InChI=1S/C18H18BrNOS/c19-12-8-6-11(7-9-12)16-17-13(3-1-5-15(17)21)20-14-4-2-10-22-18(14)16/h6-9,16,18H,1-5,10H2. The van der Waals surface area contributed by atoms with Crippen LogP contribution in [0.1, 0.15) is 43.6 Å². The quantitative estimate of drug-likeness (QED) is 0.698. The summed E-state index contributed by atoms with van der Waals surface area (Å²) in [6.45, 7) is 0. The summed E-state index contributed by atoms with van der Waals surface area (Å²) in [6, 6.07) is 8.50. The molecule has 0 saturated carbocycles. The number of thioether (sulfide) groups is 1. The Morgan fingerprint density at radius 2 is 1.91 bits per heavy atom. The van der Waals surface area contributed by atoms with Crippen molar-refractivity contribution in [3.05, 3.63) is 45.6 Å². The fourth-order valence-electron chi connectivity index (χ4n) is 3.76. The highest BCUT2D eigenvalue weighted by molar-refractivity contribution is 9.10. The van der Waals surface area contributed by atoms with Crippen molar-refractivity contribution >= 4 is 39.2 Å². The van der Waals surface area contributed by atoms with Crippen LogP contribution in [0.25, 0.3) is 0 Å². The number of Topliss-reactive ketones (excluding diaryl/α,β-unsaturated/α-hetero) is 1. The Kier molecular flexibility index (Phi) is 3.99. The van der Waals surface area contributed by atoms with Crippen LogP contribution in [-0.4, -0.2) is 22.5 Å². The smallest absolute Gasteiger partial charge is 0.161 e. The molecular formula is C18H18BrNOS. The molecule has 4 heteroatoms. The van der Waals surface area contributed by atoms with Crippen molar-refractivity contribution in [3.63, 3.8) is 0 Å². The van der Waals surface area contributed by atoms with Gasteiger partial charge in [0, 0.05) is 33.8 Å². The van der Waals surface area contributed by atoms with Crippen LogP contribution in [0.5, 0.6) is 0 Å². The van der Waals surface area contributed by atoms with E-state index in [1.807, 2.05) is 11.8 Å². The van der Waals surface area contributed by atoms with E-state index in [2.05, 4.69) is 40.2 Å². The number of carbonyl (C=O) groups excluding carboxylic acids is 1. The van der Waals surface area contributed by atoms with Crippen molar-refractivity contribution in [3.8, 4) is 0 Å². The van der Waals surface area contributed by atoms with Crippen molar-refractivity contribution in [1.29, 1.82) is 0 Å². The SMILES string of the molecule is O=C1CCCC2=C1C(c1ccc(Br)cc1)C1SCCCC1=N2. The van der Waals surface area contributed by atoms with Gasteiger partial charge in [0.15, 0.2) is 5.78 Å². The average Bonchev–Trinajstić information content (AvgIpc) is 2.54. The molecule has 0 amide bonds. The molecule has 0 aromatic heterocycles. The van der Waals surface area contributed by atoms with Gasteiger partial charge < -0.3 is 0 Å². The summed E-state index contributed by atoms with van der Waals surface area (Å²) in [5.41, 5.74) is 4.67. The van der Waals surface area contributed by atoms with Crippen LogP contribution < -0.4 is 0 Å². The number of halogens is 1. The molecule has 2 heterocycles. The molecule has 2 aliphatic heterocycles. The minimum absolute atomic E-state index is 0.202.